The van der Waals surface area contributed by atoms with E-state index >= 15 is 0 Å². The van der Waals surface area contributed by atoms with E-state index in [1.54, 1.807) is 0 Å². The first-order chi connectivity index (χ1) is 12.9. The molecule has 2 fully saturated rings. The largest absolute Gasteiger partial charge is 1.00 e. The number of pyridine rings is 1. The molecule has 160 valence electrons. The van der Waals surface area contributed by atoms with Crippen molar-refractivity contribution in [2.75, 3.05) is 44.2 Å². The Morgan fingerprint density at radius 1 is 1.11 bits per heavy atom. The molecule has 0 radical (unpaired) electrons. The molecule has 1 atom stereocenters. The van der Waals surface area contributed by atoms with Crippen molar-refractivity contribution in [3.05, 3.63) is 24.4 Å². The van der Waals surface area contributed by atoms with E-state index in [4.69, 9.17) is 4.74 Å². The number of ether oxygens (including phenoxy) is 1. The van der Waals surface area contributed by atoms with Gasteiger partial charge in [0, 0.05) is 38.9 Å². The molecule has 2 aliphatic rings. The van der Waals surface area contributed by atoms with Gasteiger partial charge in [0.15, 0.2) is 0 Å². The zero-order valence-electron chi connectivity index (χ0n) is 17.7. The summed E-state index contributed by atoms with van der Waals surface area (Å²) in [7, 11) is 0. The van der Waals surface area contributed by atoms with Gasteiger partial charge in [0.25, 0.3) is 0 Å². The van der Waals surface area contributed by atoms with E-state index in [0.29, 0.717) is 24.7 Å². The van der Waals surface area contributed by atoms with Crippen LogP contribution in [0.15, 0.2) is 24.4 Å². The second kappa shape index (κ2) is 10.8. The van der Waals surface area contributed by atoms with Gasteiger partial charge in [0.05, 0.1) is 18.8 Å². The number of piperazine rings is 1. The second-order valence-corrected chi connectivity index (χ2v) is 9.30. The normalized spacial score (nSPS) is 25.2. The Labute approximate surface area is 176 Å². The summed E-state index contributed by atoms with van der Waals surface area (Å²) in [6, 6.07) is 6.04. The van der Waals surface area contributed by atoms with Crippen molar-refractivity contribution in [3.8, 4) is 0 Å². The van der Waals surface area contributed by atoms with Gasteiger partial charge in [-0.05, 0) is 49.1 Å². The van der Waals surface area contributed by atoms with Crippen LogP contribution in [-0.4, -0.2) is 66.5 Å². The SMILES string of the molecule is CC(C)(C)C1CCC(OCC(O)CN2CCN(c3ccccn3)CC2)CC1.[Cl-]. The molecular formula is C22H37ClN3O2-. The lowest BCUT2D eigenvalue weighted by molar-refractivity contribution is -0.0446. The zero-order valence-corrected chi connectivity index (χ0v) is 18.4. The van der Waals surface area contributed by atoms with Gasteiger partial charge in [0.1, 0.15) is 5.82 Å². The van der Waals surface area contributed by atoms with Crippen LogP contribution in [0.4, 0.5) is 5.82 Å². The summed E-state index contributed by atoms with van der Waals surface area (Å²) in [5, 5.41) is 10.4. The molecule has 1 aliphatic heterocycles. The first-order valence-electron chi connectivity index (χ1n) is 10.6. The van der Waals surface area contributed by atoms with E-state index in [1.165, 1.54) is 12.8 Å². The molecule has 1 aromatic rings. The number of nitrogens with zero attached hydrogens (tertiary/aromatic N) is 3. The van der Waals surface area contributed by atoms with Crippen LogP contribution in [0.1, 0.15) is 46.5 Å². The van der Waals surface area contributed by atoms with Crippen LogP contribution in [0.25, 0.3) is 0 Å². The van der Waals surface area contributed by atoms with E-state index in [0.717, 1.165) is 50.8 Å². The van der Waals surface area contributed by atoms with Crippen LogP contribution in [-0.2, 0) is 4.74 Å². The van der Waals surface area contributed by atoms with Crippen LogP contribution >= 0.6 is 0 Å². The standard InChI is InChI=1S/C22H37N3O2.ClH/c1-22(2,3)18-7-9-20(10-8-18)27-17-19(26)16-24-12-14-25(15-13-24)21-6-4-5-11-23-21;/h4-6,11,18-20,26H,7-10,12-17H2,1-3H3;1H/p-1. The molecule has 5 nitrogen and oxygen atoms in total. The van der Waals surface area contributed by atoms with Crippen molar-refractivity contribution in [2.24, 2.45) is 11.3 Å². The summed E-state index contributed by atoms with van der Waals surface area (Å²) in [4.78, 5) is 9.08. The Morgan fingerprint density at radius 3 is 2.36 bits per heavy atom. The molecule has 1 saturated heterocycles. The van der Waals surface area contributed by atoms with Crippen LogP contribution in [0.2, 0.25) is 0 Å². The Bertz CT molecular complexity index is 551. The van der Waals surface area contributed by atoms with Crippen molar-refractivity contribution < 1.29 is 22.3 Å². The van der Waals surface area contributed by atoms with Gasteiger partial charge < -0.3 is 27.2 Å². The van der Waals surface area contributed by atoms with E-state index in [1.807, 2.05) is 18.3 Å². The Hall–Kier alpha value is -0.880. The van der Waals surface area contributed by atoms with Gasteiger partial charge in [0.2, 0.25) is 0 Å². The molecule has 0 bridgehead atoms. The quantitative estimate of drug-likeness (QED) is 0.725. The van der Waals surface area contributed by atoms with E-state index in [2.05, 4.69) is 41.6 Å². The number of β-amino-alcohol motifs (C(OH)–C–C–N with tert-alkyl or cyclic N) is 1. The molecule has 0 spiro atoms. The van der Waals surface area contributed by atoms with Crippen molar-refractivity contribution >= 4 is 5.82 Å². The van der Waals surface area contributed by atoms with Crippen LogP contribution in [0, 0.1) is 11.3 Å². The van der Waals surface area contributed by atoms with E-state index in [9.17, 15) is 5.11 Å². The van der Waals surface area contributed by atoms with Gasteiger partial charge in [-0.2, -0.15) is 0 Å². The summed E-state index contributed by atoms with van der Waals surface area (Å²) >= 11 is 0. The van der Waals surface area contributed by atoms with Gasteiger partial charge >= 0.3 is 0 Å². The highest BCUT2D eigenvalue weighted by molar-refractivity contribution is 5.38. The molecule has 1 N–H and O–H groups in total. The number of rotatable bonds is 6. The third-order valence-electron chi connectivity index (χ3n) is 6.24. The summed E-state index contributed by atoms with van der Waals surface area (Å²) in [5.74, 6) is 1.85. The minimum Gasteiger partial charge on any atom is -1.00 e. The lowest BCUT2D eigenvalue weighted by Crippen LogP contribution is -3.00. The highest BCUT2D eigenvalue weighted by atomic mass is 35.5. The molecule has 1 aliphatic carbocycles. The highest BCUT2D eigenvalue weighted by Gasteiger charge is 2.30. The van der Waals surface area contributed by atoms with Gasteiger partial charge in [-0.1, -0.05) is 26.8 Å². The number of aromatic nitrogens is 1. The maximum absolute atomic E-state index is 10.4. The van der Waals surface area contributed by atoms with Crippen molar-refractivity contribution in [1.82, 2.24) is 9.88 Å². The first kappa shape index (κ1) is 23.4. The van der Waals surface area contributed by atoms with Crippen molar-refractivity contribution in [3.63, 3.8) is 0 Å². The van der Waals surface area contributed by atoms with Gasteiger partial charge in [-0.15, -0.1) is 0 Å². The number of anilines is 1. The molecule has 3 rings (SSSR count). The molecule has 28 heavy (non-hydrogen) atoms. The second-order valence-electron chi connectivity index (χ2n) is 9.30. The van der Waals surface area contributed by atoms with E-state index < -0.39 is 6.10 Å². The van der Waals surface area contributed by atoms with Gasteiger partial charge in [-0.3, -0.25) is 4.90 Å². The number of halogens is 1. The Balaban J connectivity index is 0.00000280. The number of hydrogen-bond donors (Lipinski definition) is 1. The fourth-order valence-electron chi connectivity index (χ4n) is 4.39. The monoisotopic (exact) mass is 410 g/mol. The fourth-order valence-corrected chi connectivity index (χ4v) is 4.39. The van der Waals surface area contributed by atoms with Crippen LogP contribution in [0.5, 0.6) is 0 Å². The molecule has 1 saturated carbocycles. The predicted molar refractivity (Wildman–Crippen MR) is 110 cm³/mol. The molecular weight excluding hydrogens is 374 g/mol. The lowest BCUT2D eigenvalue weighted by Gasteiger charge is -2.38. The lowest BCUT2D eigenvalue weighted by atomic mass is 9.72. The van der Waals surface area contributed by atoms with Crippen molar-refractivity contribution in [1.29, 1.82) is 0 Å². The Kier molecular flexibility index (Phi) is 9.00. The molecule has 0 aromatic carbocycles. The Morgan fingerprint density at radius 2 is 1.79 bits per heavy atom. The summed E-state index contributed by atoms with van der Waals surface area (Å²) in [6.07, 6.45) is 6.55. The molecule has 1 aromatic heterocycles. The minimum absolute atomic E-state index is 0. The molecule has 1 unspecified atom stereocenters. The van der Waals surface area contributed by atoms with Crippen molar-refractivity contribution in [2.45, 2.75) is 58.7 Å². The number of hydrogen-bond acceptors (Lipinski definition) is 5. The average Bonchev–Trinajstić information content (AvgIpc) is 2.67. The maximum Gasteiger partial charge on any atom is 0.128 e. The predicted octanol–water partition coefficient (Wildman–Crippen LogP) is 0.190. The molecule has 0 amide bonds. The minimum atomic E-state index is -0.397. The van der Waals surface area contributed by atoms with E-state index in [-0.39, 0.29) is 12.4 Å². The summed E-state index contributed by atoms with van der Waals surface area (Å²) in [6.45, 7) is 12.0. The first-order valence-corrected chi connectivity index (χ1v) is 10.6. The topological polar surface area (TPSA) is 48.8 Å². The number of aliphatic hydroxyl groups excluding tert-OH is 1. The van der Waals surface area contributed by atoms with Gasteiger partial charge in [-0.25, -0.2) is 4.98 Å². The molecule has 2 heterocycles. The van der Waals surface area contributed by atoms with Crippen LogP contribution in [0.3, 0.4) is 0 Å². The van der Waals surface area contributed by atoms with Crippen LogP contribution < -0.4 is 17.3 Å². The molecule has 6 heteroatoms. The summed E-state index contributed by atoms with van der Waals surface area (Å²) < 4.78 is 6.04. The number of aliphatic hydroxyl groups is 1. The third kappa shape index (κ3) is 6.87. The zero-order chi connectivity index (χ0) is 19.3. The highest BCUT2D eigenvalue weighted by Crippen LogP contribution is 2.38. The average molecular weight is 411 g/mol. The maximum atomic E-state index is 10.4. The fraction of sp³-hybridized carbons (Fsp3) is 0.773. The third-order valence-corrected chi connectivity index (χ3v) is 6.24. The summed E-state index contributed by atoms with van der Waals surface area (Å²) in [5.41, 5.74) is 0.405. The smallest absolute Gasteiger partial charge is 0.128 e.